The fraction of sp³-hybridized carbons (Fsp3) is 0.286. The summed E-state index contributed by atoms with van der Waals surface area (Å²) in [5.74, 6) is 0.238. The number of nitrogens with two attached hydrogens (primary N) is 1. The monoisotopic (exact) mass is 247 g/mol. The standard InChI is InChI=1S/C7H9N3O5S/c8-16(12,13)10-5(4-14-7(10)11)6-2-1-3-9-15-6/h1-3,5,9H,4H2,(H2,8,12,13). The van der Waals surface area contributed by atoms with Crippen LogP contribution in [0.3, 0.4) is 0 Å². The van der Waals surface area contributed by atoms with E-state index in [0.717, 1.165) is 0 Å². The molecule has 1 amide bonds. The number of carbonyl (C=O) groups excluding carboxylic acids is 1. The first-order valence-corrected chi connectivity index (χ1v) is 5.78. The number of hydrogen-bond donors (Lipinski definition) is 2. The molecule has 0 aromatic carbocycles. The molecule has 16 heavy (non-hydrogen) atoms. The molecule has 8 nitrogen and oxygen atoms in total. The van der Waals surface area contributed by atoms with Crippen LogP contribution in [0.15, 0.2) is 24.1 Å². The minimum Gasteiger partial charge on any atom is -0.446 e. The number of nitrogens with one attached hydrogen (secondary N) is 1. The van der Waals surface area contributed by atoms with E-state index in [1.165, 1.54) is 12.3 Å². The lowest BCUT2D eigenvalue weighted by Gasteiger charge is -2.21. The largest absolute Gasteiger partial charge is 0.446 e. The van der Waals surface area contributed by atoms with E-state index in [1.807, 2.05) is 0 Å². The minimum atomic E-state index is -4.16. The maximum absolute atomic E-state index is 11.2. The Labute approximate surface area is 91.4 Å². The Balaban J connectivity index is 2.31. The van der Waals surface area contributed by atoms with Crippen LogP contribution in [0.5, 0.6) is 0 Å². The van der Waals surface area contributed by atoms with E-state index in [4.69, 9.17) is 9.98 Å². The smallest absolute Gasteiger partial charge is 0.425 e. The first kappa shape index (κ1) is 10.8. The zero-order valence-corrected chi connectivity index (χ0v) is 8.81. The molecule has 1 atom stereocenters. The van der Waals surface area contributed by atoms with Gasteiger partial charge in [0.1, 0.15) is 12.6 Å². The molecule has 1 saturated heterocycles. The van der Waals surface area contributed by atoms with Crippen molar-refractivity contribution in [2.45, 2.75) is 6.04 Å². The van der Waals surface area contributed by atoms with Gasteiger partial charge in [0.25, 0.3) is 0 Å². The Hall–Kier alpha value is -1.74. The molecule has 0 radical (unpaired) electrons. The summed E-state index contributed by atoms with van der Waals surface area (Å²) in [4.78, 5) is 16.2. The number of amides is 1. The molecule has 0 bridgehead atoms. The second-order valence-corrected chi connectivity index (χ2v) is 4.50. The van der Waals surface area contributed by atoms with Gasteiger partial charge in [0, 0.05) is 6.20 Å². The highest BCUT2D eigenvalue weighted by atomic mass is 32.2. The zero-order valence-electron chi connectivity index (χ0n) is 7.99. The van der Waals surface area contributed by atoms with Gasteiger partial charge in [-0.25, -0.2) is 15.4 Å². The SMILES string of the molecule is NS(=O)(=O)N1C(=O)OCC1C1=CC=CNO1. The van der Waals surface area contributed by atoms with Crippen molar-refractivity contribution >= 4 is 16.3 Å². The molecule has 88 valence electrons. The highest BCUT2D eigenvalue weighted by Gasteiger charge is 2.43. The summed E-state index contributed by atoms with van der Waals surface area (Å²) in [7, 11) is -4.16. The Bertz CT molecular complexity index is 468. The number of carbonyl (C=O) groups is 1. The summed E-state index contributed by atoms with van der Waals surface area (Å²) < 4.78 is 27.4. The van der Waals surface area contributed by atoms with Crippen molar-refractivity contribution in [3.8, 4) is 0 Å². The summed E-state index contributed by atoms with van der Waals surface area (Å²) in [6.45, 7) is -0.128. The minimum absolute atomic E-state index is 0.128. The average molecular weight is 247 g/mol. The first-order chi connectivity index (χ1) is 7.50. The number of hydrogen-bond acceptors (Lipinski definition) is 6. The predicted octanol–water partition coefficient (Wildman–Crippen LogP) is -1.06. The van der Waals surface area contributed by atoms with E-state index in [1.54, 1.807) is 6.08 Å². The summed E-state index contributed by atoms with van der Waals surface area (Å²) in [6, 6.07) is -0.875. The normalized spacial score (nSPS) is 24.6. The van der Waals surface area contributed by atoms with Crippen molar-refractivity contribution in [3.05, 3.63) is 24.1 Å². The van der Waals surface area contributed by atoms with Crippen LogP contribution in [0.4, 0.5) is 4.79 Å². The molecule has 2 rings (SSSR count). The summed E-state index contributed by atoms with van der Waals surface area (Å²) >= 11 is 0. The number of ether oxygens (including phenoxy) is 1. The number of rotatable bonds is 2. The highest BCUT2D eigenvalue weighted by molar-refractivity contribution is 7.87. The second-order valence-electron chi connectivity index (χ2n) is 3.08. The highest BCUT2D eigenvalue weighted by Crippen LogP contribution is 2.22. The lowest BCUT2D eigenvalue weighted by molar-refractivity contribution is 0.110. The maximum atomic E-state index is 11.2. The molecular formula is C7H9N3O5S. The van der Waals surface area contributed by atoms with Gasteiger partial charge in [0.15, 0.2) is 5.76 Å². The number of cyclic esters (lactones) is 1. The predicted molar refractivity (Wildman–Crippen MR) is 51.5 cm³/mol. The molecule has 0 aliphatic carbocycles. The molecule has 9 heteroatoms. The van der Waals surface area contributed by atoms with Gasteiger partial charge in [-0.1, -0.05) is 0 Å². The maximum Gasteiger partial charge on any atom is 0.425 e. The summed E-state index contributed by atoms with van der Waals surface area (Å²) in [5, 5.41) is 4.90. The van der Waals surface area contributed by atoms with Crippen molar-refractivity contribution in [3.63, 3.8) is 0 Å². The summed E-state index contributed by atoms with van der Waals surface area (Å²) in [5.41, 5.74) is 2.42. The number of hydroxylamine groups is 1. The molecule has 2 aliphatic heterocycles. The zero-order chi connectivity index (χ0) is 11.8. The van der Waals surface area contributed by atoms with Crippen LogP contribution in [0, 0.1) is 0 Å². The fourth-order valence-electron chi connectivity index (χ4n) is 1.39. The van der Waals surface area contributed by atoms with E-state index in [0.29, 0.717) is 4.31 Å². The van der Waals surface area contributed by atoms with E-state index < -0.39 is 22.3 Å². The number of nitrogens with zero attached hydrogens (tertiary/aromatic N) is 1. The van der Waals surface area contributed by atoms with E-state index >= 15 is 0 Å². The van der Waals surface area contributed by atoms with Crippen LogP contribution in [0.25, 0.3) is 0 Å². The topological polar surface area (TPSA) is 111 Å². The molecule has 1 fully saturated rings. The quantitative estimate of drug-likeness (QED) is 0.643. The van der Waals surface area contributed by atoms with E-state index in [2.05, 4.69) is 10.2 Å². The van der Waals surface area contributed by atoms with E-state index in [-0.39, 0.29) is 12.4 Å². The first-order valence-electron chi connectivity index (χ1n) is 4.28. The molecule has 0 aromatic heterocycles. The van der Waals surface area contributed by atoms with Gasteiger partial charge in [0.05, 0.1) is 0 Å². The molecule has 2 heterocycles. The van der Waals surface area contributed by atoms with Crippen molar-refractivity contribution < 1.29 is 22.8 Å². The third-order valence-corrected chi connectivity index (χ3v) is 2.98. The van der Waals surface area contributed by atoms with Crippen LogP contribution in [-0.4, -0.2) is 31.5 Å². The van der Waals surface area contributed by atoms with Crippen LogP contribution < -0.4 is 10.6 Å². The summed E-state index contributed by atoms with van der Waals surface area (Å²) in [6.07, 6.45) is 3.61. The Morgan fingerprint density at radius 3 is 2.88 bits per heavy atom. The Morgan fingerprint density at radius 2 is 2.31 bits per heavy atom. The van der Waals surface area contributed by atoms with Gasteiger partial charge in [0.2, 0.25) is 0 Å². The van der Waals surface area contributed by atoms with Crippen molar-refractivity contribution in [2.75, 3.05) is 6.61 Å². The molecular weight excluding hydrogens is 238 g/mol. The third-order valence-electron chi connectivity index (χ3n) is 2.03. The van der Waals surface area contributed by atoms with Crippen LogP contribution in [0.2, 0.25) is 0 Å². The van der Waals surface area contributed by atoms with Gasteiger partial charge < -0.3 is 9.57 Å². The van der Waals surface area contributed by atoms with E-state index in [9.17, 15) is 13.2 Å². The van der Waals surface area contributed by atoms with Gasteiger partial charge in [-0.2, -0.15) is 12.7 Å². The molecule has 1 unspecified atom stereocenters. The van der Waals surface area contributed by atoms with Crippen LogP contribution >= 0.6 is 0 Å². The molecule has 0 aromatic rings. The van der Waals surface area contributed by atoms with Gasteiger partial charge in [-0.15, -0.1) is 0 Å². The van der Waals surface area contributed by atoms with Crippen molar-refractivity contribution in [2.24, 2.45) is 5.14 Å². The molecule has 2 aliphatic rings. The second kappa shape index (κ2) is 3.68. The lowest BCUT2D eigenvalue weighted by atomic mass is 10.2. The molecule has 0 spiro atoms. The lowest BCUT2D eigenvalue weighted by Crippen LogP contribution is -2.44. The number of allylic oxidation sites excluding steroid dienone is 2. The van der Waals surface area contributed by atoms with Crippen molar-refractivity contribution in [1.29, 1.82) is 0 Å². The Morgan fingerprint density at radius 1 is 1.56 bits per heavy atom. The molecule has 0 saturated carbocycles. The van der Waals surface area contributed by atoms with Crippen molar-refractivity contribution in [1.82, 2.24) is 9.79 Å². The van der Waals surface area contributed by atoms with Crippen LogP contribution in [0.1, 0.15) is 0 Å². The van der Waals surface area contributed by atoms with Gasteiger partial charge in [-0.3, -0.25) is 0 Å². The fourth-order valence-corrected chi connectivity index (χ4v) is 2.17. The van der Waals surface area contributed by atoms with Gasteiger partial charge >= 0.3 is 16.3 Å². The molecule has 3 N–H and O–H groups in total. The average Bonchev–Trinajstić information content (AvgIpc) is 2.61. The third kappa shape index (κ3) is 1.82. The Kier molecular flexibility index (Phi) is 2.48. The van der Waals surface area contributed by atoms with Gasteiger partial charge in [-0.05, 0) is 12.2 Å². The van der Waals surface area contributed by atoms with Crippen LogP contribution in [-0.2, 0) is 19.8 Å².